The minimum absolute atomic E-state index is 0.258. The van der Waals surface area contributed by atoms with Crippen LogP contribution in [0.5, 0.6) is 5.75 Å². The van der Waals surface area contributed by atoms with Gasteiger partial charge >= 0.3 is 0 Å². The zero-order valence-corrected chi connectivity index (χ0v) is 14.1. The van der Waals surface area contributed by atoms with Gasteiger partial charge in [-0.15, -0.1) is 0 Å². The van der Waals surface area contributed by atoms with Crippen LogP contribution in [0.25, 0.3) is 0 Å². The zero-order chi connectivity index (χ0) is 15.4. The van der Waals surface area contributed by atoms with Gasteiger partial charge in [0.25, 0.3) is 0 Å². The van der Waals surface area contributed by atoms with Gasteiger partial charge < -0.3 is 14.7 Å². The topological polar surface area (TPSA) is 33.9 Å². The van der Waals surface area contributed by atoms with E-state index in [0.717, 1.165) is 31.5 Å². The summed E-state index contributed by atoms with van der Waals surface area (Å²) in [5, 5.41) is 11.2. The molecule has 0 bridgehead atoms. The van der Waals surface area contributed by atoms with Crippen LogP contribution >= 0.6 is 23.2 Å². The molecule has 0 radical (unpaired) electrons. The van der Waals surface area contributed by atoms with Crippen molar-refractivity contribution in [1.82, 2.24) is 0 Å². The van der Waals surface area contributed by atoms with Crippen LogP contribution in [0.3, 0.4) is 0 Å². The normalized spacial score (nSPS) is 27.4. The summed E-state index contributed by atoms with van der Waals surface area (Å²) in [6.07, 6.45) is 0.806. The first-order valence-corrected chi connectivity index (χ1v) is 8.29. The molecule has 1 aromatic rings. The number of likely N-dealkylation sites (tertiary alicyclic amines) is 1. The van der Waals surface area contributed by atoms with Gasteiger partial charge in [-0.2, -0.15) is 0 Å². The van der Waals surface area contributed by atoms with Crippen LogP contribution in [0.4, 0.5) is 0 Å². The molecular weight excluding hydrogens is 309 g/mol. The SMILES string of the molecule is C[C@H]1C[C@H](C)C[NH+](C[C@H](O)COc2ccc(Cl)cc2Cl)C1. The van der Waals surface area contributed by atoms with Crippen molar-refractivity contribution in [1.29, 1.82) is 0 Å². The van der Waals surface area contributed by atoms with Crippen molar-refractivity contribution >= 4 is 23.2 Å². The first kappa shape index (κ1) is 16.9. The minimum Gasteiger partial charge on any atom is -0.489 e. The molecule has 1 aromatic carbocycles. The first-order chi connectivity index (χ1) is 9.94. The van der Waals surface area contributed by atoms with Gasteiger partial charge in [-0.05, 0) is 24.6 Å². The molecule has 2 rings (SSSR count). The fourth-order valence-electron chi connectivity index (χ4n) is 3.26. The molecule has 0 amide bonds. The number of nitrogens with one attached hydrogen (secondary N) is 1. The van der Waals surface area contributed by atoms with E-state index in [1.165, 1.54) is 11.3 Å². The van der Waals surface area contributed by atoms with E-state index in [1.807, 2.05) is 0 Å². The maximum absolute atomic E-state index is 10.2. The molecule has 1 fully saturated rings. The third-order valence-corrected chi connectivity index (χ3v) is 4.46. The summed E-state index contributed by atoms with van der Waals surface area (Å²) >= 11 is 11.9. The second-order valence-electron chi connectivity index (χ2n) is 6.35. The number of hydrogen-bond acceptors (Lipinski definition) is 2. The molecule has 5 heteroatoms. The molecule has 1 aliphatic heterocycles. The van der Waals surface area contributed by atoms with Gasteiger partial charge in [0, 0.05) is 16.9 Å². The highest BCUT2D eigenvalue weighted by Gasteiger charge is 2.26. The molecule has 0 aromatic heterocycles. The highest BCUT2D eigenvalue weighted by molar-refractivity contribution is 6.35. The fourth-order valence-corrected chi connectivity index (χ4v) is 3.72. The summed E-state index contributed by atoms with van der Waals surface area (Å²) in [7, 11) is 0. The van der Waals surface area contributed by atoms with Crippen LogP contribution in [0.15, 0.2) is 18.2 Å². The van der Waals surface area contributed by atoms with Crippen LogP contribution in [0.1, 0.15) is 20.3 Å². The third kappa shape index (κ3) is 5.33. The van der Waals surface area contributed by atoms with Crippen molar-refractivity contribution in [3.05, 3.63) is 28.2 Å². The van der Waals surface area contributed by atoms with E-state index < -0.39 is 6.10 Å². The number of hydrogen-bond donors (Lipinski definition) is 2. The Labute approximate surface area is 136 Å². The summed E-state index contributed by atoms with van der Waals surface area (Å²) in [4.78, 5) is 1.46. The number of halogens is 2. The summed E-state index contributed by atoms with van der Waals surface area (Å²) < 4.78 is 5.59. The number of ether oxygens (including phenoxy) is 1. The molecule has 0 aliphatic carbocycles. The quantitative estimate of drug-likeness (QED) is 0.867. The monoisotopic (exact) mass is 332 g/mol. The molecule has 0 unspecified atom stereocenters. The highest BCUT2D eigenvalue weighted by Crippen LogP contribution is 2.27. The summed E-state index contributed by atoms with van der Waals surface area (Å²) in [5.74, 6) is 2.01. The maximum Gasteiger partial charge on any atom is 0.138 e. The predicted octanol–water partition coefficient (Wildman–Crippen LogP) is 2.29. The fraction of sp³-hybridized carbons (Fsp3) is 0.625. The molecule has 118 valence electrons. The van der Waals surface area contributed by atoms with E-state index in [2.05, 4.69) is 13.8 Å². The second kappa shape index (κ2) is 7.68. The predicted molar refractivity (Wildman–Crippen MR) is 86.5 cm³/mol. The van der Waals surface area contributed by atoms with Crippen molar-refractivity contribution in [2.75, 3.05) is 26.2 Å². The van der Waals surface area contributed by atoms with E-state index in [1.54, 1.807) is 18.2 Å². The Balaban J connectivity index is 1.80. The van der Waals surface area contributed by atoms with Crippen molar-refractivity contribution in [3.8, 4) is 5.75 Å². The van der Waals surface area contributed by atoms with Crippen molar-refractivity contribution < 1.29 is 14.7 Å². The average molecular weight is 333 g/mol. The minimum atomic E-state index is -0.482. The zero-order valence-electron chi connectivity index (χ0n) is 12.6. The number of benzene rings is 1. The lowest BCUT2D eigenvalue weighted by molar-refractivity contribution is -0.915. The number of aliphatic hydroxyl groups is 1. The van der Waals surface area contributed by atoms with Crippen molar-refractivity contribution in [3.63, 3.8) is 0 Å². The van der Waals surface area contributed by atoms with Gasteiger partial charge in [0.1, 0.15) is 25.0 Å². The standard InChI is InChI=1S/C16H23Cl2NO2/c1-11-5-12(2)8-19(7-11)9-14(20)10-21-16-4-3-13(17)6-15(16)18/h3-4,6,11-12,14,20H,5,7-10H2,1-2H3/p+1/t11-,12-,14-/m0/s1. The van der Waals surface area contributed by atoms with Gasteiger partial charge in [-0.1, -0.05) is 37.0 Å². The molecule has 2 N–H and O–H groups in total. The third-order valence-electron chi connectivity index (χ3n) is 3.93. The van der Waals surface area contributed by atoms with Crippen molar-refractivity contribution in [2.45, 2.75) is 26.4 Å². The lowest BCUT2D eigenvalue weighted by Gasteiger charge is -2.33. The van der Waals surface area contributed by atoms with Crippen LogP contribution in [0.2, 0.25) is 10.0 Å². The lowest BCUT2D eigenvalue weighted by atomic mass is 9.92. The van der Waals surface area contributed by atoms with Gasteiger partial charge in [-0.25, -0.2) is 0 Å². The molecule has 0 saturated carbocycles. The van der Waals surface area contributed by atoms with Gasteiger partial charge in [0.05, 0.1) is 18.1 Å². The lowest BCUT2D eigenvalue weighted by Crippen LogP contribution is -3.15. The second-order valence-corrected chi connectivity index (χ2v) is 7.19. The van der Waals surface area contributed by atoms with Crippen molar-refractivity contribution in [2.24, 2.45) is 11.8 Å². The molecule has 1 saturated heterocycles. The van der Waals surface area contributed by atoms with E-state index in [9.17, 15) is 5.11 Å². The Morgan fingerprint density at radius 2 is 1.95 bits per heavy atom. The molecule has 3 atom stereocenters. The Hall–Kier alpha value is -0.480. The van der Waals surface area contributed by atoms with Crippen LogP contribution in [-0.4, -0.2) is 37.5 Å². The Bertz CT molecular complexity index is 460. The van der Waals surface area contributed by atoms with Gasteiger partial charge in [0.15, 0.2) is 0 Å². The number of piperidine rings is 1. The smallest absolute Gasteiger partial charge is 0.138 e. The Morgan fingerprint density at radius 1 is 1.29 bits per heavy atom. The van der Waals surface area contributed by atoms with Crippen LogP contribution < -0.4 is 9.64 Å². The van der Waals surface area contributed by atoms with Gasteiger partial charge in [-0.3, -0.25) is 0 Å². The van der Waals surface area contributed by atoms with E-state index in [-0.39, 0.29) is 6.61 Å². The van der Waals surface area contributed by atoms with E-state index in [4.69, 9.17) is 27.9 Å². The first-order valence-electron chi connectivity index (χ1n) is 7.53. The highest BCUT2D eigenvalue weighted by atomic mass is 35.5. The molecule has 1 aliphatic rings. The Kier molecular flexibility index (Phi) is 6.18. The molecule has 21 heavy (non-hydrogen) atoms. The molecule has 1 heterocycles. The van der Waals surface area contributed by atoms with E-state index in [0.29, 0.717) is 15.8 Å². The molecule has 0 spiro atoms. The van der Waals surface area contributed by atoms with Crippen LogP contribution in [-0.2, 0) is 0 Å². The summed E-state index contributed by atoms with van der Waals surface area (Å²) in [6, 6.07) is 5.10. The van der Waals surface area contributed by atoms with Crippen LogP contribution in [0, 0.1) is 11.8 Å². The number of rotatable bonds is 5. The summed E-state index contributed by atoms with van der Waals surface area (Å²) in [6.45, 7) is 7.80. The molecule has 3 nitrogen and oxygen atoms in total. The van der Waals surface area contributed by atoms with E-state index >= 15 is 0 Å². The largest absolute Gasteiger partial charge is 0.489 e. The van der Waals surface area contributed by atoms with Gasteiger partial charge in [0.2, 0.25) is 0 Å². The average Bonchev–Trinajstić information content (AvgIpc) is 2.36. The maximum atomic E-state index is 10.2. The Morgan fingerprint density at radius 3 is 2.57 bits per heavy atom. The molecular formula is C16H24Cl2NO2+. The summed E-state index contributed by atoms with van der Waals surface area (Å²) in [5.41, 5.74) is 0. The number of quaternary nitrogens is 1. The number of aliphatic hydroxyl groups excluding tert-OH is 1.